The van der Waals surface area contributed by atoms with Gasteiger partial charge in [-0.3, -0.25) is 9.80 Å². The first-order chi connectivity index (χ1) is 8.61. The number of nitrogens with one attached hydrogen (secondary N) is 1. The number of fused-ring (bicyclic) bond motifs is 1. The lowest BCUT2D eigenvalue weighted by molar-refractivity contribution is -0.00709. The Morgan fingerprint density at radius 3 is 2.72 bits per heavy atom. The number of piperazine rings is 1. The van der Waals surface area contributed by atoms with Crippen LogP contribution in [0.4, 0.5) is 0 Å². The van der Waals surface area contributed by atoms with Crippen molar-refractivity contribution in [2.45, 2.75) is 70.6 Å². The molecule has 2 heterocycles. The van der Waals surface area contributed by atoms with Gasteiger partial charge in [0.05, 0.1) is 0 Å². The molecule has 0 radical (unpaired) electrons. The lowest BCUT2D eigenvalue weighted by atomic mass is 9.95. The van der Waals surface area contributed by atoms with E-state index in [2.05, 4.69) is 42.9 Å². The van der Waals surface area contributed by atoms with Gasteiger partial charge in [0.15, 0.2) is 0 Å². The molecule has 0 aromatic rings. The molecule has 2 rings (SSSR count). The van der Waals surface area contributed by atoms with Crippen LogP contribution in [0.3, 0.4) is 0 Å². The van der Waals surface area contributed by atoms with E-state index in [4.69, 9.17) is 0 Å². The summed E-state index contributed by atoms with van der Waals surface area (Å²) in [4.78, 5) is 5.49. The van der Waals surface area contributed by atoms with Crippen LogP contribution in [0.25, 0.3) is 0 Å². The summed E-state index contributed by atoms with van der Waals surface area (Å²) < 4.78 is 0. The van der Waals surface area contributed by atoms with E-state index in [-0.39, 0.29) is 0 Å². The summed E-state index contributed by atoms with van der Waals surface area (Å²) >= 11 is 0. The third kappa shape index (κ3) is 3.25. The zero-order chi connectivity index (χ0) is 13.1. The van der Waals surface area contributed by atoms with Gasteiger partial charge in [0.25, 0.3) is 0 Å². The van der Waals surface area contributed by atoms with E-state index in [0.29, 0.717) is 12.1 Å². The minimum Gasteiger partial charge on any atom is -0.317 e. The Kier molecular flexibility index (Phi) is 5.05. The number of hydrogen-bond acceptors (Lipinski definition) is 3. The van der Waals surface area contributed by atoms with E-state index in [1.165, 1.54) is 45.3 Å². The van der Waals surface area contributed by atoms with Gasteiger partial charge in [-0.05, 0) is 53.6 Å². The zero-order valence-electron chi connectivity index (χ0n) is 12.7. The fourth-order valence-corrected chi connectivity index (χ4v) is 3.75. The van der Waals surface area contributed by atoms with Gasteiger partial charge < -0.3 is 5.32 Å². The van der Waals surface area contributed by atoms with E-state index in [1.807, 2.05) is 0 Å². The predicted octanol–water partition coefficient (Wildman–Crippen LogP) is 1.93. The summed E-state index contributed by atoms with van der Waals surface area (Å²) in [5, 5.41) is 3.37. The normalized spacial score (nSPS) is 34.0. The van der Waals surface area contributed by atoms with Crippen LogP contribution in [0.15, 0.2) is 0 Å². The van der Waals surface area contributed by atoms with E-state index in [1.54, 1.807) is 0 Å². The molecule has 2 fully saturated rings. The highest BCUT2D eigenvalue weighted by atomic mass is 15.3. The van der Waals surface area contributed by atoms with Crippen LogP contribution in [-0.4, -0.2) is 60.6 Å². The zero-order valence-corrected chi connectivity index (χ0v) is 12.7. The summed E-state index contributed by atoms with van der Waals surface area (Å²) in [6.45, 7) is 11.0. The molecule has 4 unspecified atom stereocenters. The molecule has 2 aliphatic rings. The maximum absolute atomic E-state index is 3.37. The summed E-state index contributed by atoms with van der Waals surface area (Å²) in [7, 11) is 2.07. The van der Waals surface area contributed by atoms with Gasteiger partial charge in [-0.1, -0.05) is 6.42 Å². The molecule has 4 atom stereocenters. The average Bonchev–Trinajstić information content (AvgIpc) is 2.37. The standard InChI is InChI=1S/C15H31N3/c1-12(16-4)9-13(2)18-11-15-7-5-6-8-17(15)10-14(18)3/h12-16H,5-11H2,1-4H3. The van der Waals surface area contributed by atoms with Crippen molar-refractivity contribution in [3.8, 4) is 0 Å². The summed E-state index contributed by atoms with van der Waals surface area (Å²) in [5.41, 5.74) is 0. The minimum absolute atomic E-state index is 0.622. The van der Waals surface area contributed by atoms with Crippen LogP contribution < -0.4 is 5.32 Å². The van der Waals surface area contributed by atoms with Gasteiger partial charge >= 0.3 is 0 Å². The highest BCUT2D eigenvalue weighted by molar-refractivity contribution is 4.91. The van der Waals surface area contributed by atoms with Crippen molar-refractivity contribution < 1.29 is 0 Å². The number of nitrogens with zero attached hydrogens (tertiary/aromatic N) is 2. The smallest absolute Gasteiger partial charge is 0.0224 e. The second-order valence-corrected chi connectivity index (χ2v) is 6.46. The SMILES string of the molecule is CNC(C)CC(C)N1CC2CCCCN2CC1C. The van der Waals surface area contributed by atoms with Crippen LogP contribution >= 0.6 is 0 Å². The topological polar surface area (TPSA) is 18.5 Å². The monoisotopic (exact) mass is 253 g/mol. The quantitative estimate of drug-likeness (QED) is 0.826. The van der Waals surface area contributed by atoms with Gasteiger partial charge in [0, 0.05) is 37.3 Å². The molecule has 1 N–H and O–H groups in total. The Morgan fingerprint density at radius 1 is 1.22 bits per heavy atom. The lowest BCUT2D eigenvalue weighted by Crippen LogP contribution is -2.61. The van der Waals surface area contributed by atoms with Crippen molar-refractivity contribution in [1.29, 1.82) is 0 Å². The highest BCUT2D eigenvalue weighted by Crippen LogP contribution is 2.26. The van der Waals surface area contributed by atoms with Crippen LogP contribution in [0.2, 0.25) is 0 Å². The van der Waals surface area contributed by atoms with Crippen molar-refractivity contribution in [3.05, 3.63) is 0 Å². The van der Waals surface area contributed by atoms with Gasteiger partial charge in [-0.2, -0.15) is 0 Å². The number of hydrogen-bond donors (Lipinski definition) is 1. The number of rotatable bonds is 4. The third-order valence-electron chi connectivity index (χ3n) is 4.99. The second kappa shape index (κ2) is 6.36. The minimum atomic E-state index is 0.622. The Labute approximate surface area is 113 Å². The molecule has 2 aliphatic heterocycles. The summed E-state index contributed by atoms with van der Waals surface area (Å²) in [6.07, 6.45) is 5.52. The van der Waals surface area contributed by atoms with Crippen LogP contribution in [-0.2, 0) is 0 Å². The Morgan fingerprint density at radius 2 is 2.00 bits per heavy atom. The molecule has 106 valence electrons. The molecule has 0 aromatic heterocycles. The first kappa shape index (κ1) is 14.3. The van der Waals surface area contributed by atoms with Crippen molar-refractivity contribution in [3.63, 3.8) is 0 Å². The highest BCUT2D eigenvalue weighted by Gasteiger charge is 2.34. The third-order valence-corrected chi connectivity index (χ3v) is 4.99. The van der Waals surface area contributed by atoms with E-state index in [0.717, 1.165) is 12.1 Å². The Hall–Kier alpha value is -0.120. The first-order valence-electron chi connectivity index (χ1n) is 7.79. The Balaban J connectivity index is 1.91. The van der Waals surface area contributed by atoms with Gasteiger partial charge in [-0.25, -0.2) is 0 Å². The van der Waals surface area contributed by atoms with Crippen LogP contribution in [0, 0.1) is 0 Å². The number of piperidine rings is 1. The van der Waals surface area contributed by atoms with Crippen molar-refractivity contribution in [2.24, 2.45) is 0 Å². The molecule has 3 heteroatoms. The van der Waals surface area contributed by atoms with Gasteiger partial charge in [0.2, 0.25) is 0 Å². The average molecular weight is 253 g/mol. The molecule has 0 spiro atoms. The van der Waals surface area contributed by atoms with Crippen LogP contribution in [0.5, 0.6) is 0 Å². The molecule has 18 heavy (non-hydrogen) atoms. The molecule has 0 amide bonds. The Bertz CT molecular complexity index is 256. The van der Waals surface area contributed by atoms with Crippen molar-refractivity contribution >= 4 is 0 Å². The summed E-state index contributed by atoms with van der Waals surface area (Å²) in [6, 6.07) is 2.88. The van der Waals surface area contributed by atoms with E-state index < -0.39 is 0 Å². The summed E-state index contributed by atoms with van der Waals surface area (Å²) in [5.74, 6) is 0. The molecule has 0 bridgehead atoms. The predicted molar refractivity (Wildman–Crippen MR) is 78.0 cm³/mol. The maximum Gasteiger partial charge on any atom is 0.0224 e. The molecular formula is C15H31N3. The fourth-order valence-electron chi connectivity index (χ4n) is 3.75. The van der Waals surface area contributed by atoms with Crippen LogP contribution in [0.1, 0.15) is 46.5 Å². The van der Waals surface area contributed by atoms with Crippen molar-refractivity contribution in [1.82, 2.24) is 15.1 Å². The molecular weight excluding hydrogens is 222 g/mol. The molecule has 0 saturated carbocycles. The second-order valence-electron chi connectivity index (χ2n) is 6.46. The van der Waals surface area contributed by atoms with Crippen molar-refractivity contribution in [2.75, 3.05) is 26.7 Å². The van der Waals surface area contributed by atoms with Gasteiger partial charge in [-0.15, -0.1) is 0 Å². The van der Waals surface area contributed by atoms with E-state index in [9.17, 15) is 0 Å². The van der Waals surface area contributed by atoms with Gasteiger partial charge in [0.1, 0.15) is 0 Å². The molecule has 3 nitrogen and oxygen atoms in total. The first-order valence-corrected chi connectivity index (χ1v) is 7.79. The lowest BCUT2D eigenvalue weighted by Gasteiger charge is -2.49. The largest absolute Gasteiger partial charge is 0.317 e. The molecule has 0 aliphatic carbocycles. The molecule has 0 aromatic carbocycles. The maximum atomic E-state index is 3.37. The van der Waals surface area contributed by atoms with E-state index >= 15 is 0 Å². The molecule has 2 saturated heterocycles. The fraction of sp³-hybridized carbons (Fsp3) is 1.00.